The summed E-state index contributed by atoms with van der Waals surface area (Å²) in [6.45, 7) is 5.28. The molecule has 1 saturated carbocycles. The van der Waals surface area contributed by atoms with Crippen molar-refractivity contribution in [3.8, 4) is 0 Å². The van der Waals surface area contributed by atoms with Gasteiger partial charge in [-0.25, -0.2) is 0 Å². The van der Waals surface area contributed by atoms with Crippen molar-refractivity contribution in [1.29, 1.82) is 0 Å². The Bertz CT molecular complexity index is 220. The average Bonchev–Trinajstić information content (AvgIpc) is 2.37. The SMILES string of the molecule is CCNC(=NC)NC(C)CCC1CCCCC1. The van der Waals surface area contributed by atoms with E-state index in [0.29, 0.717) is 6.04 Å². The highest BCUT2D eigenvalue weighted by Gasteiger charge is 2.14. The maximum absolute atomic E-state index is 4.21. The fraction of sp³-hybridized carbons (Fsp3) is 0.929. The zero-order valence-corrected chi connectivity index (χ0v) is 11.8. The van der Waals surface area contributed by atoms with Crippen LogP contribution in [0.25, 0.3) is 0 Å². The Hall–Kier alpha value is -0.730. The first kappa shape index (κ1) is 14.3. The molecule has 0 radical (unpaired) electrons. The van der Waals surface area contributed by atoms with Gasteiger partial charge in [0.25, 0.3) is 0 Å². The van der Waals surface area contributed by atoms with Crippen LogP contribution in [0.15, 0.2) is 4.99 Å². The van der Waals surface area contributed by atoms with Crippen molar-refractivity contribution in [3.63, 3.8) is 0 Å². The van der Waals surface area contributed by atoms with Gasteiger partial charge in [-0.3, -0.25) is 4.99 Å². The van der Waals surface area contributed by atoms with E-state index >= 15 is 0 Å². The summed E-state index contributed by atoms with van der Waals surface area (Å²) in [7, 11) is 1.83. The third-order valence-electron chi connectivity index (χ3n) is 3.68. The van der Waals surface area contributed by atoms with Crippen molar-refractivity contribution in [3.05, 3.63) is 0 Å². The van der Waals surface area contributed by atoms with Gasteiger partial charge in [-0.2, -0.15) is 0 Å². The molecule has 0 amide bonds. The van der Waals surface area contributed by atoms with E-state index in [1.54, 1.807) is 0 Å². The van der Waals surface area contributed by atoms with Gasteiger partial charge in [0.15, 0.2) is 5.96 Å². The van der Waals surface area contributed by atoms with Gasteiger partial charge in [0.05, 0.1) is 0 Å². The first-order valence-electron chi connectivity index (χ1n) is 7.23. The molecule has 0 spiro atoms. The average molecular weight is 239 g/mol. The third-order valence-corrected chi connectivity index (χ3v) is 3.68. The lowest BCUT2D eigenvalue weighted by atomic mass is 9.85. The number of nitrogens with one attached hydrogen (secondary N) is 2. The van der Waals surface area contributed by atoms with Gasteiger partial charge in [-0.15, -0.1) is 0 Å². The molecule has 1 aliphatic rings. The third kappa shape index (κ3) is 5.94. The van der Waals surface area contributed by atoms with Gasteiger partial charge < -0.3 is 10.6 Å². The maximum atomic E-state index is 4.21. The van der Waals surface area contributed by atoms with Crippen LogP contribution in [0.5, 0.6) is 0 Å². The van der Waals surface area contributed by atoms with Gasteiger partial charge in [0, 0.05) is 19.6 Å². The van der Waals surface area contributed by atoms with E-state index in [-0.39, 0.29) is 0 Å². The van der Waals surface area contributed by atoms with Crippen molar-refractivity contribution in [1.82, 2.24) is 10.6 Å². The molecule has 3 nitrogen and oxygen atoms in total. The molecular formula is C14H29N3. The van der Waals surface area contributed by atoms with Crippen LogP contribution in [0.2, 0.25) is 0 Å². The van der Waals surface area contributed by atoms with Crippen molar-refractivity contribution < 1.29 is 0 Å². The van der Waals surface area contributed by atoms with E-state index in [2.05, 4.69) is 29.5 Å². The highest BCUT2D eigenvalue weighted by molar-refractivity contribution is 5.79. The van der Waals surface area contributed by atoms with Gasteiger partial charge in [0.1, 0.15) is 0 Å². The van der Waals surface area contributed by atoms with Gasteiger partial charge in [0.2, 0.25) is 0 Å². The smallest absolute Gasteiger partial charge is 0.191 e. The summed E-state index contributed by atoms with van der Waals surface area (Å²) >= 11 is 0. The molecule has 1 fully saturated rings. The lowest BCUT2D eigenvalue weighted by Crippen LogP contribution is -2.42. The fourth-order valence-electron chi connectivity index (χ4n) is 2.63. The Balaban J connectivity index is 2.17. The molecular weight excluding hydrogens is 210 g/mol. The summed E-state index contributed by atoms with van der Waals surface area (Å²) in [5.41, 5.74) is 0. The number of hydrogen-bond donors (Lipinski definition) is 2. The van der Waals surface area contributed by atoms with E-state index in [1.807, 2.05) is 7.05 Å². The van der Waals surface area contributed by atoms with Gasteiger partial charge in [-0.1, -0.05) is 32.1 Å². The zero-order valence-electron chi connectivity index (χ0n) is 11.8. The second kappa shape index (κ2) is 8.37. The molecule has 0 aromatic carbocycles. The molecule has 1 rings (SSSR count). The van der Waals surface area contributed by atoms with Crippen LogP contribution in [-0.4, -0.2) is 25.6 Å². The Morgan fingerprint density at radius 1 is 1.29 bits per heavy atom. The molecule has 17 heavy (non-hydrogen) atoms. The number of rotatable bonds is 5. The predicted molar refractivity (Wildman–Crippen MR) is 75.4 cm³/mol. The predicted octanol–water partition coefficient (Wildman–Crippen LogP) is 2.92. The van der Waals surface area contributed by atoms with E-state index in [4.69, 9.17) is 0 Å². The van der Waals surface area contributed by atoms with Crippen molar-refractivity contribution in [2.24, 2.45) is 10.9 Å². The number of guanidine groups is 1. The first-order chi connectivity index (χ1) is 8.26. The number of nitrogens with zero attached hydrogens (tertiary/aromatic N) is 1. The second-order valence-corrected chi connectivity index (χ2v) is 5.23. The van der Waals surface area contributed by atoms with Crippen LogP contribution in [-0.2, 0) is 0 Å². The topological polar surface area (TPSA) is 36.4 Å². The molecule has 1 unspecified atom stereocenters. The summed E-state index contributed by atoms with van der Waals surface area (Å²) in [5, 5.41) is 6.69. The lowest BCUT2D eigenvalue weighted by molar-refractivity contribution is 0.322. The molecule has 0 saturated heterocycles. The van der Waals surface area contributed by atoms with E-state index in [0.717, 1.165) is 18.4 Å². The van der Waals surface area contributed by atoms with Crippen LogP contribution >= 0.6 is 0 Å². The Labute approximate surface area is 106 Å². The summed E-state index contributed by atoms with van der Waals surface area (Å²) in [4.78, 5) is 4.21. The summed E-state index contributed by atoms with van der Waals surface area (Å²) in [6.07, 6.45) is 9.89. The fourth-order valence-corrected chi connectivity index (χ4v) is 2.63. The van der Waals surface area contributed by atoms with Crippen LogP contribution < -0.4 is 10.6 Å². The maximum Gasteiger partial charge on any atom is 0.191 e. The summed E-state index contributed by atoms with van der Waals surface area (Å²) in [6, 6.07) is 0.523. The molecule has 0 aromatic rings. The van der Waals surface area contributed by atoms with Crippen LogP contribution in [0, 0.1) is 5.92 Å². The molecule has 100 valence electrons. The quantitative estimate of drug-likeness (QED) is 0.572. The Morgan fingerprint density at radius 2 is 2.00 bits per heavy atom. The zero-order chi connectivity index (χ0) is 12.5. The Kier molecular flexibility index (Phi) is 7.06. The number of hydrogen-bond acceptors (Lipinski definition) is 1. The monoisotopic (exact) mass is 239 g/mol. The molecule has 0 heterocycles. The molecule has 0 aliphatic heterocycles. The minimum Gasteiger partial charge on any atom is -0.357 e. The van der Waals surface area contributed by atoms with Crippen molar-refractivity contribution >= 4 is 5.96 Å². The van der Waals surface area contributed by atoms with Gasteiger partial charge >= 0.3 is 0 Å². The van der Waals surface area contributed by atoms with Crippen molar-refractivity contribution in [2.75, 3.05) is 13.6 Å². The standard InChI is InChI=1S/C14H29N3/c1-4-16-14(15-3)17-12(2)10-11-13-8-6-5-7-9-13/h12-13H,4-11H2,1-3H3,(H2,15,16,17). The van der Waals surface area contributed by atoms with E-state index in [9.17, 15) is 0 Å². The number of aliphatic imine (C=N–C) groups is 1. The molecule has 1 atom stereocenters. The van der Waals surface area contributed by atoms with Crippen LogP contribution in [0.3, 0.4) is 0 Å². The molecule has 0 aromatic heterocycles. The minimum absolute atomic E-state index is 0.523. The van der Waals surface area contributed by atoms with Crippen molar-refractivity contribution in [2.45, 2.75) is 64.8 Å². The van der Waals surface area contributed by atoms with E-state index < -0.39 is 0 Å². The van der Waals surface area contributed by atoms with Crippen LogP contribution in [0.1, 0.15) is 58.8 Å². The molecule has 2 N–H and O–H groups in total. The van der Waals surface area contributed by atoms with Gasteiger partial charge in [-0.05, 0) is 32.6 Å². The first-order valence-corrected chi connectivity index (χ1v) is 7.23. The van der Waals surface area contributed by atoms with Crippen LogP contribution in [0.4, 0.5) is 0 Å². The minimum atomic E-state index is 0.523. The van der Waals surface area contributed by atoms with E-state index in [1.165, 1.54) is 44.9 Å². The summed E-state index contributed by atoms with van der Waals surface area (Å²) in [5.74, 6) is 1.91. The second-order valence-electron chi connectivity index (χ2n) is 5.23. The molecule has 3 heteroatoms. The summed E-state index contributed by atoms with van der Waals surface area (Å²) < 4.78 is 0. The molecule has 1 aliphatic carbocycles. The largest absolute Gasteiger partial charge is 0.357 e. The lowest BCUT2D eigenvalue weighted by Gasteiger charge is -2.24. The normalized spacial score (nSPS) is 20.1. The highest BCUT2D eigenvalue weighted by Crippen LogP contribution is 2.27. The Morgan fingerprint density at radius 3 is 2.59 bits per heavy atom. The highest BCUT2D eigenvalue weighted by atomic mass is 15.2. The molecule has 0 bridgehead atoms.